The molecule has 100 valence electrons. The fraction of sp³-hybridized carbons (Fsp3) is 0.600. The number of nitrogens with one attached hydrogen (secondary N) is 1. The van der Waals surface area contributed by atoms with E-state index in [-0.39, 0.29) is 0 Å². The zero-order valence-corrected chi connectivity index (χ0v) is 11.6. The molecule has 3 nitrogen and oxygen atoms in total. The Morgan fingerprint density at radius 2 is 1.83 bits per heavy atom. The Morgan fingerprint density at radius 3 is 2.44 bits per heavy atom. The highest BCUT2D eigenvalue weighted by atomic mass is 16.5. The molecule has 0 aromatic heterocycles. The van der Waals surface area contributed by atoms with Crippen molar-refractivity contribution in [2.24, 2.45) is 0 Å². The molecule has 0 unspecified atom stereocenters. The van der Waals surface area contributed by atoms with E-state index < -0.39 is 0 Å². The molecule has 1 aliphatic rings. The Labute approximate surface area is 110 Å². The molecule has 0 heterocycles. The van der Waals surface area contributed by atoms with E-state index in [9.17, 15) is 0 Å². The van der Waals surface area contributed by atoms with Gasteiger partial charge in [-0.1, -0.05) is 12.1 Å². The fourth-order valence-electron chi connectivity index (χ4n) is 2.87. The number of anilines is 1. The number of para-hydroxylation sites is 2. The Bertz CT molecular complexity index is 373. The first kappa shape index (κ1) is 13.2. The van der Waals surface area contributed by atoms with Crippen molar-refractivity contribution in [1.82, 2.24) is 5.32 Å². The lowest BCUT2D eigenvalue weighted by molar-refractivity contribution is 0.348. The molecular formula is C15H24N2O. The minimum atomic E-state index is 0.630. The average Bonchev–Trinajstić information content (AvgIpc) is 2.46. The lowest BCUT2D eigenvalue weighted by atomic mass is 9.90. The van der Waals surface area contributed by atoms with Gasteiger partial charge in [0.15, 0.2) is 0 Å². The smallest absolute Gasteiger partial charge is 0.142 e. The summed E-state index contributed by atoms with van der Waals surface area (Å²) in [5.74, 6) is 0.968. The molecule has 0 saturated heterocycles. The number of benzene rings is 1. The minimum Gasteiger partial charge on any atom is -0.495 e. The molecule has 1 saturated carbocycles. The third-order valence-electron chi connectivity index (χ3n) is 4.12. The van der Waals surface area contributed by atoms with Gasteiger partial charge in [0.1, 0.15) is 5.75 Å². The van der Waals surface area contributed by atoms with Crippen LogP contribution in [0.15, 0.2) is 24.3 Å². The number of ether oxygens (including phenoxy) is 1. The van der Waals surface area contributed by atoms with Crippen molar-refractivity contribution < 1.29 is 4.74 Å². The van der Waals surface area contributed by atoms with Crippen molar-refractivity contribution in [2.45, 2.75) is 37.8 Å². The van der Waals surface area contributed by atoms with Gasteiger partial charge in [0.2, 0.25) is 0 Å². The molecule has 0 amide bonds. The van der Waals surface area contributed by atoms with Crippen LogP contribution in [-0.2, 0) is 0 Å². The van der Waals surface area contributed by atoms with E-state index in [2.05, 4.69) is 36.4 Å². The third kappa shape index (κ3) is 2.78. The van der Waals surface area contributed by atoms with Crippen LogP contribution in [-0.4, -0.2) is 33.3 Å². The van der Waals surface area contributed by atoms with Crippen LogP contribution < -0.4 is 15.0 Å². The van der Waals surface area contributed by atoms with Gasteiger partial charge in [0.25, 0.3) is 0 Å². The van der Waals surface area contributed by atoms with Gasteiger partial charge in [-0.25, -0.2) is 0 Å². The summed E-state index contributed by atoms with van der Waals surface area (Å²) < 4.78 is 5.45. The third-order valence-corrected chi connectivity index (χ3v) is 4.12. The van der Waals surface area contributed by atoms with E-state index in [1.807, 2.05) is 12.1 Å². The second-order valence-electron chi connectivity index (χ2n) is 5.08. The Balaban J connectivity index is 2.05. The maximum Gasteiger partial charge on any atom is 0.142 e. The Kier molecular flexibility index (Phi) is 4.48. The van der Waals surface area contributed by atoms with Gasteiger partial charge >= 0.3 is 0 Å². The maximum atomic E-state index is 5.45. The van der Waals surface area contributed by atoms with Crippen molar-refractivity contribution >= 4 is 5.69 Å². The lowest BCUT2D eigenvalue weighted by Gasteiger charge is -2.36. The van der Waals surface area contributed by atoms with Crippen LogP contribution in [0.2, 0.25) is 0 Å². The molecule has 1 aromatic rings. The van der Waals surface area contributed by atoms with Gasteiger partial charge in [0.05, 0.1) is 12.8 Å². The molecule has 0 aliphatic heterocycles. The second kappa shape index (κ2) is 6.10. The van der Waals surface area contributed by atoms with Crippen LogP contribution in [0.25, 0.3) is 0 Å². The molecule has 1 N–H and O–H groups in total. The fourth-order valence-corrected chi connectivity index (χ4v) is 2.87. The zero-order chi connectivity index (χ0) is 13.0. The maximum absolute atomic E-state index is 5.45. The summed E-state index contributed by atoms with van der Waals surface area (Å²) >= 11 is 0. The summed E-state index contributed by atoms with van der Waals surface area (Å²) in [5.41, 5.74) is 1.20. The van der Waals surface area contributed by atoms with Crippen LogP contribution in [0.5, 0.6) is 5.75 Å². The van der Waals surface area contributed by atoms with Gasteiger partial charge in [0, 0.05) is 19.1 Å². The van der Waals surface area contributed by atoms with Crippen molar-refractivity contribution in [3.8, 4) is 5.75 Å². The summed E-state index contributed by atoms with van der Waals surface area (Å²) in [6.07, 6.45) is 5.03. The summed E-state index contributed by atoms with van der Waals surface area (Å²) in [6, 6.07) is 9.61. The predicted octanol–water partition coefficient (Wildman–Crippen LogP) is 2.66. The highest BCUT2D eigenvalue weighted by Gasteiger charge is 2.24. The standard InChI is InChI=1S/C15H24N2O/c1-16-12-8-10-13(11-9-12)17(2)14-6-4-5-7-15(14)18-3/h4-7,12-13,16H,8-11H2,1-3H3. The first-order chi connectivity index (χ1) is 8.76. The molecule has 0 atom stereocenters. The number of hydrogen-bond acceptors (Lipinski definition) is 3. The Hall–Kier alpha value is -1.22. The van der Waals surface area contributed by atoms with Crippen LogP contribution >= 0.6 is 0 Å². The first-order valence-corrected chi connectivity index (χ1v) is 6.79. The second-order valence-corrected chi connectivity index (χ2v) is 5.08. The van der Waals surface area contributed by atoms with Crippen LogP contribution in [0.4, 0.5) is 5.69 Å². The minimum absolute atomic E-state index is 0.630. The van der Waals surface area contributed by atoms with E-state index in [0.717, 1.165) is 5.75 Å². The summed E-state index contributed by atoms with van der Waals surface area (Å²) in [4.78, 5) is 2.38. The van der Waals surface area contributed by atoms with Crippen molar-refractivity contribution in [2.75, 3.05) is 26.1 Å². The zero-order valence-electron chi connectivity index (χ0n) is 11.6. The molecule has 0 spiro atoms. The highest BCUT2D eigenvalue weighted by molar-refractivity contribution is 5.58. The Morgan fingerprint density at radius 1 is 1.17 bits per heavy atom. The van der Waals surface area contributed by atoms with E-state index in [1.54, 1.807) is 7.11 Å². The monoisotopic (exact) mass is 248 g/mol. The van der Waals surface area contributed by atoms with Gasteiger partial charge < -0.3 is 15.0 Å². The summed E-state index contributed by atoms with van der Waals surface area (Å²) in [6.45, 7) is 0. The molecule has 1 fully saturated rings. The normalized spacial score (nSPS) is 23.7. The summed E-state index contributed by atoms with van der Waals surface area (Å²) in [7, 11) is 5.99. The molecule has 2 rings (SSSR count). The van der Waals surface area contributed by atoms with Gasteiger partial charge in [-0.2, -0.15) is 0 Å². The molecule has 3 heteroatoms. The summed E-state index contributed by atoms with van der Waals surface area (Å²) in [5, 5.41) is 3.38. The number of hydrogen-bond donors (Lipinski definition) is 1. The van der Waals surface area contributed by atoms with Gasteiger partial charge in [-0.3, -0.25) is 0 Å². The number of nitrogens with zero attached hydrogens (tertiary/aromatic N) is 1. The number of methoxy groups -OCH3 is 1. The van der Waals surface area contributed by atoms with E-state index >= 15 is 0 Å². The van der Waals surface area contributed by atoms with Gasteiger partial charge in [-0.05, 0) is 44.9 Å². The SMILES string of the molecule is CNC1CCC(N(C)c2ccccc2OC)CC1. The van der Waals surface area contributed by atoms with E-state index in [0.29, 0.717) is 12.1 Å². The van der Waals surface area contributed by atoms with Crippen LogP contribution in [0, 0.1) is 0 Å². The number of rotatable bonds is 4. The quantitative estimate of drug-likeness (QED) is 0.886. The molecule has 1 aliphatic carbocycles. The van der Waals surface area contributed by atoms with Crippen molar-refractivity contribution in [1.29, 1.82) is 0 Å². The van der Waals surface area contributed by atoms with Crippen LogP contribution in [0.1, 0.15) is 25.7 Å². The molecule has 18 heavy (non-hydrogen) atoms. The molecule has 0 bridgehead atoms. The lowest BCUT2D eigenvalue weighted by Crippen LogP contribution is -2.39. The van der Waals surface area contributed by atoms with Crippen molar-refractivity contribution in [3.05, 3.63) is 24.3 Å². The first-order valence-electron chi connectivity index (χ1n) is 6.79. The van der Waals surface area contributed by atoms with Crippen molar-refractivity contribution in [3.63, 3.8) is 0 Å². The van der Waals surface area contributed by atoms with Crippen LogP contribution in [0.3, 0.4) is 0 Å². The molecule has 0 radical (unpaired) electrons. The molecular weight excluding hydrogens is 224 g/mol. The average molecular weight is 248 g/mol. The van der Waals surface area contributed by atoms with E-state index in [4.69, 9.17) is 4.74 Å². The van der Waals surface area contributed by atoms with Gasteiger partial charge in [-0.15, -0.1) is 0 Å². The van der Waals surface area contributed by atoms with E-state index in [1.165, 1.54) is 31.4 Å². The molecule has 1 aromatic carbocycles. The predicted molar refractivity (Wildman–Crippen MR) is 76.5 cm³/mol. The largest absolute Gasteiger partial charge is 0.495 e. The topological polar surface area (TPSA) is 24.5 Å². The highest BCUT2D eigenvalue weighted by Crippen LogP contribution is 2.32.